The second-order valence-corrected chi connectivity index (χ2v) is 10.4. The van der Waals surface area contributed by atoms with Gasteiger partial charge in [0, 0.05) is 0 Å². The summed E-state index contributed by atoms with van der Waals surface area (Å²) in [5, 5.41) is 3.29. The zero-order valence-electron chi connectivity index (χ0n) is 19.7. The molecule has 0 unspecified atom stereocenters. The van der Waals surface area contributed by atoms with Crippen LogP contribution in [0.4, 0.5) is 5.13 Å². The Morgan fingerprint density at radius 3 is 1.89 bits per heavy atom. The molecule has 4 aromatic rings. The summed E-state index contributed by atoms with van der Waals surface area (Å²) >= 11 is 5.03. The molecule has 0 saturated heterocycles. The predicted octanol–water partition coefficient (Wildman–Crippen LogP) is 6.29. The molecule has 1 N–H and O–H groups in total. The second kappa shape index (κ2) is 12.5. The van der Waals surface area contributed by atoms with E-state index in [0.29, 0.717) is 33.8 Å². The Morgan fingerprint density at radius 1 is 0.806 bits per heavy atom. The van der Waals surface area contributed by atoms with E-state index in [-0.39, 0.29) is 12.3 Å². The monoisotopic (exact) mass is 540 g/mol. The third-order valence-corrected chi connectivity index (χ3v) is 7.63. The van der Waals surface area contributed by atoms with Crippen molar-refractivity contribution in [3.8, 4) is 23.0 Å². The third kappa shape index (κ3) is 7.27. The van der Waals surface area contributed by atoms with Crippen molar-refractivity contribution in [2.24, 2.45) is 0 Å². The van der Waals surface area contributed by atoms with Crippen molar-refractivity contribution >= 4 is 43.9 Å². The summed E-state index contributed by atoms with van der Waals surface area (Å²) in [5.74, 6) is 2.52. The lowest BCUT2D eigenvalue weighted by Crippen LogP contribution is -2.14. The van der Waals surface area contributed by atoms with Gasteiger partial charge < -0.3 is 24.3 Å². The maximum Gasteiger partial charge on any atom is 0.230 e. The van der Waals surface area contributed by atoms with Crippen molar-refractivity contribution in [1.29, 1.82) is 0 Å². The lowest BCUT2D eigenvalue weighted by molar-refractivity contribution is -0.115. The number of hydrogen-bond donors (Lipinski definition) is 1. The molecule has 0 spiro atoms. The van der Waals surface area contributed by atoms with E-state index in [1.807, 2.05) is 66.7 Å². The van der Waals surface area contributed by atoms with E-state index in [2.05, 4.69) is 10.3 Å². The zero-order chi connectivity index (χ0) is 25.3. The zero-order valence-corrected chi connectivity index (χ0v) is 22.1. The van der Waals surface area contributed by atoms with E-state index >= 15 is 0 Å². The summed E-state index contributed by atoms with van der Waals surface area (Å²) < 4.78 is 23.1. The van der Waals surface area contributed by atoms with Gasteiger partial charge in [0.25, 0.3) is 0 Å². The minimum Gasteiger partial charge on any atom is -0.497 e. The topological polar surface area (TPSA) is 78.9 Å². The fourth-order valence-corrected chi connectivity index (χ4v) is 5.13. The van der Waals surface area contributed by atoms with Crippen molar-refractivity contribution in [1.82, 2.24) is 4.98 Å². The van der Waals surface area contributed by atoms with Crippen LogP contribution in [0, 0.1) is 3.95 Å². The Hall–Kier alpha value is -3.47. The maximum atomic E-state index is 12.5. The van der Waals surface area contributed by atoms with Crippen LogP contribution < -0.4 is 24.3 Å². The number of carbonyl (C=O) groups excluding carboxylic acids is 1. The molecule has 0 aliphatic rings. The molecule has 0 bridgehead atoms. The molecule has 3 aromatic carbocycles. The molecule has 1 heterocycles. The quantitative estimate of drug-likeness (QED) is 0.177. The van der Waals surface area contributed by atoms with Gasteiger partial charge in [0.2, 0.25) is 11.0 Å². The van der Waals surface area contributed by atoms with Gasteiger partial charge in [0.15, 0.2) is 15.5 Å². The number of carbonyl (C=O) groups is 1. The molecule has 7 nitrogen and oxygen atoms in total. The first-order valence-corrected chi connectivity index (χ1v) is 13.5. The van der Waals surface area contributed by atoms with Crippen LogP contribution in [0.3, 0.4) is 0 Å². The number of ether oxygens (including phenoxy) is 4. The van der Waals surface area contributed by atoms with Crippen molar-refractivity contribution in [3.05, 3.63) is 87.4 Å². The van der Waals surface area contributed by atoms with Crippen LogP contribution >= 0.6 is 32.9 Å². The van der Waals surface area contributed by atoms with Gasteiger partial charge in [0.1, 0.15) is 24.7 Å². The van der Waals surface area contributed by atoms with Crippen LogP contribution in [0.2, 0.25) is 0 Å². The average molecular weight is 541 g/mol. The number of hydrogen-bond acceptors (Lipinski definition) is 9. The van der Waals surface area contributed by atoms with Gasteiger partial charge >= 0.3 is 0 Å². The molecule has 0 aliphatic carbocycles. The normalized spacial score (nSPS) is 10.5. The van der Waals surface area contributed by atoms with Crippen LogP contribution in [0.1, 0.15) is 16.7 Å². The van der Waals surface area contributed by atoms with Crippen molar-refractivity contribution in [2.75, 3.05) is 19.5 Å². The second-order valence-electron chi connectivity index (χ2n) is 7.63. The molecule has 10 heteroatoms. The van der Waals surface area contributed by atoms with Gasteiger partial charge in [0.05, 0.1) is 20.6 Å². The van der Waals surface area contributed by atoms with E-state index in [1.165, 1.54) is 20.7 Å². The highest BCUT2D eigenvalue weighted by atomic mass is 32.9. The van der Waals surface area contributed by atoms with E-state index in [9.17, 15) is 4.79 Å². The fourth-order valence-electron chi connectivity index (χ4n) is 3.25. The average Bonchev–Trinajstić information content (AvgIpc) is 3.31. The molecule has 0 aliphatic heterocycles. The number of anilines is 1. The van der Waals surface area contributed by atoms with Gasteiger partial charge in [-0.25, -0.2) is 0 Å². The van der Waals surface area contributed by atoms with E-state index < -0.39 is 0 Å². The summed E-state index contributed by atoms with van der Waals surface area (Å²) in [4.78, 5) is 16.6. The molecule has 186 valence electrons. The number of rotatable bonds is 11. The van der Waals surface area contributed by atoms with Gasteiger partial charge in [-0.1, -0.05) is 30.3 Å². The largest absolute Gasteiger partial charge is 0.497 e. The summed E-state index contributed by atoms with van der Waals surface area (Å²) in [6.07, 6.45) is 0.161. The highest BCUT2D eigenvalue weighted by Gasteiger charge is 2.12. The van der Waals surface area contributed by atoms with E-state index in [0.717, 1.165) is 28.2 Å². The summed E-state index contributed by atoms with van der Waals surface area (Å²) in [6.45, 7) is 0.692. The Kier molecular flexibility index (Phi) is 8.88. The van der Waals surface area contributed by atoms with Crippen LogP contribution in [0.25, 0.3) is 0 Å². The van der Waals surface area contributed by atoms with Crippen LogP contribution in [0.5, 0.6) is 23.0 Å². The molecule has 36 heavy (non-hydrogen) atoms. The lowest BCUT2D eigenvalue weighted by atomic mass is 10.1. The smallest absolute Gasteiger partial charge is 0.230 e. The minimum atomic E-state index is -0.181. The Balaban J connectivity index is 1.48. The maximum absolute atomic E-state index is 12.5. The molecular weight excluding hydrogens is 516 g/mol. The fraction of sp³-hybridized carbons (Fsp3) is 0.192. The SMILES string of the molecule is COc1ccc(COc2ccc(CC(=O)Nc3nc(=S)ss3)cc2OCc2ccc(OC)cc2)cc1. The predicted molar refractivity (Wildman–Crippen MR) is 144 cm³/mol. The Labute approximate surface area is 221 Å². The van der Waals surface area contributed by atoms with Crippen molar-refractivity contribution in [2.45, 2.75) is 19.6 Å². The molecule has 1 amide bonds. The Morgan fingerprint density at radius 2 is 1.36 bits per heavy atom. The Bertz CT molecular complexity index is 1350. The first kappa shape index (κ1) is 25.6. The molecule has 0 saturated carbocycles. The van der Waals surface area contributed by atoms with Crippen LogP contribution in [-0.2, 0) is 24.4 Å². The minimum absolute atomic E-state index is 0.161. The standard InChI is InChI=1S/C26H24N2O5S3/c1-30-20-8-3-17(4-9-20)15-32-22-12-7-19(14-24(29)27-25-28-26(34)36-35-25)13-23(22)33-16-18-5-10-21(31-2)11-6-18/h3-13H,14-16H2,1-2H3,(H,27,28,29,34). The lowest BCUT2D eigenvalue weighted by Gasteiger charge is -2.15. The number of methoxy groups -OCH3 is 2. The summed E-state index contributed by atoms with van der Waals surface area (Å²) in [5.41, 5.74) is 2.75. The summed E-state index contributed by atoms with van der Waals surface area (Å²) in [7, 11) is 5.95. The van der Waals surface area contributed by atoms with Gasteiger partial charge in [-0.05, 0) is 86.0 Å². The first-order valence-electron chi connectivity index (χ1n) is 10.9. The van der Waals surface area contributed by atoms with E-state index in [4.69, 9.17) is 31.2 Å². The van der Waals surface area contributed by atoms with Crippen molar-refractivity contribution < 1.29 is 23.7 Å². The number of nitrogens with zero attached hydrogens (tertiary/aromatic N) is 1. The van der Waals surface area contributed by atoms with Crippen molar-refractivity contribution in [3.63, 3.8) is 0 Å². The number of benzene rings is 3. The first-order chi connectivity index (χ1) is 17.5. The number of amides is 1. The molecule has 0 radical (unpaired) electrons. The van der Waals surface area contributed by atoms with E-state index in [1.54, 1.807) is 14.2 Å². The van der Waals surface area contributed by atoms with Gasteiger partial charge in [-0.3, -0.25) is 4.79 Å². The third-order valence-electron chi connectivity index (χ3n) is 5.11. The number of nitrogens with one attached hydrogen (secondary N) is 1. The molecule has 4 rings (SSSR count). The highest BCUT2D eigenvalue weighted by Crippen LogP contribution is 2.31. The van der Waals surface area contributed by atoms with Crippen LogP contribution in [0.15, 0.2) is 66.7 Å². The summed E-state index contributed by atoms with van der Waals surface area (Å²) in [6, 6.07) is 20.8. The van der Waals surface area contributed by atoms with Gasteiger partial charge in [-0.2, -0.15) is 4.98 Å². The molecule has 0 atom stereocenters. The highest BCUT2D eigenvalue weighted by molar-refractivity contribution is 7.79. The van der Waals surface area contributed by atoms with Crippen LogP contribution in [-0.4, -0.2) is 25.1 Å². The molecular formula is C26H24N2O5S3. The number of aromatic nitrogens is 1. The molecule has 1 aromatic heterocycles. The van der Waals surface area contributed by atoms with Gasteiger partial charge in [-0.15, -0.1) is 0 Å². The molecule has 0 fully saturated rings.